The molecule has 1 aliphatic heterocycles. The van der Waals surface area contributed by atoms with E-state index in [2.05, 4.69) is 4.98 Å². The first-order valence-corrected chi connectivity index (χ1v) is 8.56. The number of nitrogens with zero attached hydrogens (tertiary/aromatic N) is 4. The Balaban J connectivity index is 1.47. The molecule has 0 radical (unpaired) electrons. The minimum atomic E-state index is 0.0266. The summed E-state index contributed by atoms with van der Waals surface area (Å²) in [5.74, 6) is 1.48. The molecule has 2 fully saturated rings. The number of piperazine rings is 1. The zero-order valence-corrected chi connectivity index (χ0v) is 14.2. The van der Waals surface area contributed by atoms with Crippen LogP contribution in [-0.4, -0.2) is 57.3 Å². The summed E-state index contributed by atoms with van der Waals surface area (Å²) in [6.45, 7) is 4.46. The van der Waals surface area contributed by atoms with Crippen LogP contribution in [0.15, 0.2) is 18.2 Å². The quantitative estimate of drug-likeness (QED) is 0.842. The number of imidazole rings is 1. The number of aromatic nitrogens is 2. The van der Waals surface area contributed by atoms with E-state index in [1.807, 2.05) is 46.5 Å². The van der Waals surface area contributed by atoms with E-state index >= 15 is 0 Å². The van der Waals surface area contributed by atoms with Gasteiger partial charge in [0, 0.05) is 44.7 Å². The van der Waals surface area contributed by atoms with E-state index in [-0.39, 0.29) is 17.7 Å². The summed E-state index contributed by atoms with van der Waals surface area (Å²) < 4.78 is 2.02. The van der Waals surface area contributed by atoms with Crippen LogP contribution in [0.25, 0.3) is 11.0 Å². The highest BCUT2D eigenvalue weighted by molar-refractivity contribution is 5.97. The van der Waals surface area contributed by atoms with Crippen molar-refractivity contribution in [2.45, 2.75) is 19.8 Å². The molecule has 2 amide bonds. The SMILES string of the molecule is Cc1nc2cc(C(=O)N3CCN(C(=O)C4CC4)CC3)ccc2n1C. The maximum absolute atomic E-state index is 12.7. The topological polar surface area (TPSA) is 58.4 Å². The Bertz CT molecular complexity index is 814. The van der Waals surface area contributed by atoms with Crippen LogP contribution < -0.4 is 0 Å². The van der Waals surface area contributed by atoms with Gasteiger partial charge in [-0.05, 0) is 38.0 Å². The minimum Gasteiger partial charge on any atom is -0.339 e. The van der Waals surface area contributed by atoms with Crippen molar-refractivity contribution in [2.75, 3.05) is 26.2 Å². The Labute approximate surface area is 141 Å². The van der Waals surface area contributed by atoms with E-state index in [1.165, 1.54) is 0 Å². The molecule has 2 heterocycles. The average molecular weight is 326 g/mol. The summed E-state index contributed by atoms with van der Waals surface area (Å²) in [6, 6.07) is 5.69. The van der Waals surface area contributed by atoms with Crippen molar-refractivity contribution < 1.29 is 9.59 Å². The van der Waals surface area contributed by atoms with Crippen molar-refractivity contribution in [3.8, 4) is 0 Å². The predicted octanol–water partition coefficient (Wildman–Crippen LogP) is 1.58. The van der Waals surface area contributed by atoms with E-state index < -0.39 is 0 Å². The lowest BCUT2D eigenvalue weighted by molar-refractivity contribution is -0.134. The normalized spacial score (nSPS) is 18.2. The second-order valence-corrected chi connectivity index (χ2v) is 6.81. The first-order valence-electron chi connectivity index (χ1n) is 8.56. The number of hydrogen-bond donors (Lipinski definition) is 0. The van der Waals surface area contributed by atoms with Crippen molar-refractivity contribution >= 4 is 22.8 Å². The van der Waals surface area contributed by atoms with Gasteiger partial charge in [0.05, 0.1) is 11.0 Å². The van der Waals surface area contributed by atoms with Gasteiger partial charge in [0.15, 0.2) is 0 Å². The maximum atomic E-state index is 12.7. The number of carbonyl (C=O) groups is 2. The van der Waals surface area contributed by atoms with E-state index in [4.69, 9.17) is 0 Å². The second kappa shape index (κ2) is 5.61. The van der Waals surface area contributed by atoms with E-state index in [0.717, 1.165) is 29.7 Å². The fraction of sp³-hybridized carbons (Fsp3) is 0.500. The van der Waals surface area contributed by atoms with Crippen molar-refractivity contribution in [2.24, 2.45) is 13.0 Å². The second-order valence-electron chi connectivity index (χ2n) is 6.81. The summed E-state index contributed by atoms with van der Waals surface area (Å²) in [5, 5.41) is 0. The summed E-state index contributed by atoms with van der Waals surface area (Å²) in [5.41, 5.74) is 2.55. The van der Waals surface area contributed by atoms with Gasteiger partial charge in [-0.25, -0.2) is 4.98 Å². The van der Waals surface area contributed by atoms with Gasteiger partial charge in [-0.15, -0.1) is 0 Å². The standard InChI is InChI=1S/C18H22N4O2/c1-12-19-15-11-14(5-6-16(15)20(12)2)18(24)22-9-7-21(8-10-22)17(23)13-3-4-13/h5-6,11,13H,3-4,7-10H2,1-2H3. The number of hydrogen-bond acceptors (Lipinski definition) is 3. The third kappa shape index (κ3) is 2.56. The lowest BCUT2D eigenvalue weighted by Gasteiger charge is -2.35. The van der Waals surface area contributed by atoms with Crippen LogP contribution in [0.4, 0.5) is 0 Å². The van der Waals surface area contributed by atoms with Gasteiger partial charge in [-0.3, -0.25) is 9.59 Å². The maximum Gasteiger partial charge on any atom is 0.254 e. The molecule has 0 unspecified atom stereocenters. The van der Waals surface area contributed by atoms with Gasteiger partial charge in [0.25, 0.3) is 5.91 Å². The molecular formula is C18H22N4O2. The van der Waals surface area contributed by atoms with Gasteiger partial charge >= 0.3 is 0 Å². The molecule has 0 bridgehead atoms. The molecule has 6 heteroatoms. The molecule has 4 rings (SSSR count). The molecule has 2 aliphatic rings. The summed E-state index contributed by atoms with van der Waals surface area (Å²) in [6.07, 6.45) is 2.06. The van der Waals surface area contributed by atoms with Crippen molar-refractivity contribution in [1.29, 1.82) is 0 Å². The Hall–Kier alpha value is -2.37. The molecule has 6 nitrogen and oxygen atoms in total. The van der Waals surface area contributed by atoms with Gasteiger partial charge in [-0.2, -0.15) is 0 Å². The van der Waals surface area contributed by atoms with E-state index in [0.29, 0.717) is 31.7 Å². The average Bonchev–Trinajstić information content (AvgIpc) is 3.41. The Morgan fingerprint density at radius 2 is 1.75 bits per heavy atom. The smallest absolute Gasteiger partial charge is 0.254 e. The predicted molar refractivity (Wildman–Crippen MR) is 90.7 cm³/mol. The van der Waals surface area contributed by atoms with Gasteiger partial charge < -0.3 is 14.4 Å². The van der Waals surface area contributed by atoms with Crippen LogP contribution >= 0.6 is 0 Å². The number of rotatable bonds is 2. The summed E-state index contributed by atoms with van der Waals surface area (Å²) >= 11 is 0. The Morgan fingerprint density at radius 1 is 1.08 bits per heavy atom. The number of amides is 2. The first kappa shape index (κ1) is 15.2. The molecule has 1 aliphatic carbocycles. The van der Waals surface area contributed by atoms with Crippen molar-refractivity contribution in [3.05, 3.63) is 29.6 Å². The highest BCUT2D eigenvalue weighted by atomic mass is 16.2. The minimum absolute atomic E-state index is 0.0266. The summed E-state index contributed by atoms with van der Waals surface area (Å²) in [4.78, 5) is 33.1. The van der Waals surface area contributed by atoms with Crippen LogP contribution in [0.3, 0.4) is 0 Å². The Kier molecular flexibility index (Phi) is 3.55. The zero-order valence-electron chi connectivity index (χ0n) is 14.2. The zero-order chi connectivity index (χ0) is 16.8. The van der Waals surface area contributed by atoms with Gasteiger partial charge in [-0.1, -0.05) is 0 Å². The monoisotopic (exact) mass is 326 g/mol. The molecule has 2 aromatic rings. The largest absolute Gasteiger partial charge is 0.339 e. The van der Waals surface area contributed by atoms with Crippen molar-refractivity contribution in [1.82, 2.24) is 19.4 Å². The number of aryl methyl sites for hydroxylation is 2. The van der Waals surface area contributed by atoms with Crippen LogP contribution in [0.1, 0.15) is 29.0 Å². The fourth-order valence-electron chi connectivity index (χ4n) is 3.35. The van der Waals surface area contributed by atoms with E-state index in [1.54, 1.807) is 0 Å². The number of carbonyl (C=O) groups excluding carboxylic acids is 2. The molecule has 0 N–H and O–H groups in total. The molecule has 24 heavy (non-hydrogen) atoms. The summed E-state index contributed by atoms with van der Waals surface area (Å²) in [7, 11) is 1.97. The molecule has 0 atom stereocenters. The molecule has 126 valence electrons. The first-order chi connectivity index (χ1) is 11.5. The third-order valence-electron chi connectivity index (χ3n) is 5.16. The molecule has 1 aromatic carbocycles. The van der Waals surface area contributed by atoms with E-state index in [9.17, 15) is 9.59 Å². The Morgan fingerprint density at radius 3 is 2.42 bits per heavy atom. The van der Waals surface area contributed by atoms with Crippen LogP contribution in [-0.2, 0) is 11.8 Å². The van der Waals surface area contributed by atoms with Gasteiger partial charge in [0.2, 0.25) is 5.91 Å². The van der Waals surface area contributed by atoms with Gasteiger partial charge in [0.1, 0.15) is 5.82 Å². The molecule has 1 saturated heterocycles. The van der Waals surface area contributed by atoms with Crippen molar-refractivity contribution in [3.63, 3.8) is 0 Å². The lowest BCUT2D eigenvalue weighted by Crippen LogP contribution is -2.51. The fourth-order valence-corrected chi connectivity index (χ4v) is 3.35. The molecule has 1 saturated carbocycles. The van der Waals surface area contributed by atoms with Crippen LogP contribution in [0.5, 0.6) is 0 Å². The highest BCUT2D eigenvalue weighted by Crippen LogP contribution is 2.31. The number of fused-ring (bicyclic) bond motifs is 1. The third-order valence-corrected chi connectivity index (χ3v) is 5.16. The molecule has 1 aromatic heterocycles. The highest BCUT2D eigenvalue weighted by Gasteiger charge is 2.35. The number of benzene rings is 1. The van der Waals surface area contributed by atoms with Crippen LogP contribution in [0, 0.1) is 12.8 Å². The lowest BCUT2D eigenvalue weighted by atomic mass is 10.1. The molecule has 0 spiro atoms. The van der Waals surface area contributed by atoms with Crippen LogP contribution in [0.2, 0.25) is 0 Å². The molecular weight excluding hydrogens is 304 g/mol.